The van der Waals surface area contributed by atoms with Crippen molar-refractivity contribution in [3.8, 4) is 0 Å². The summed E-state index contributed by atoms with van der Waals surface area (Å²) in [6, 6.07) is 6.69. The van der Waals surface area contributed by atoms with E-state index in [1.54, 1.807) is 31.3 Å². The largest absolute Gasteiger partial charge is 0.388 e. The van der Waals surface area contributed by atoms with Gasteiger partial charge in [0.05, 0.1) is 4.90 Å². The summed E-state index contributed by atoms with van der Waals surface area (Å²) in [6.07, 6.45) is 0.840. The fourth-order valence-corrected chi connectivity index (χ4v) is 3.68. The van der Waals surface area contributed by atoms with Crippen LogP contribution < -0.4 is 10.0 Å². The molecule has 1 rings (SSSR count). The molecular weight excluding hydrogens is 280 g/mol. The van der Waals surface area contributed by atoms with E-state index >= 15 is 0 Å². The summed E-state index contributed by atoms with van der Waals surface area (Å²) in [5.41, 5.74) is 0.895. The molecule has 108 valence electrons. The number of hydrogen-bond donors (Lipinski definition) is 2. The first kappa shape index (κ1) is 16.3. The van der Waals surface area contributed by atoms with Gasteiger partial charge in [0.25, 0.3) is 0 Å². The average molecular weight is 302 g/mol. The molecule has 0 spiro atoms. The molecule has 1 atom stereocenters. The van der Waals surface area contributed by atoms with E-state index in [1.165, 1.54) is 0 Å². The first-order valence-corrected chi connectivity index (χ1v) is 9.01. The van der Waals surface area contributed by atoms with Gasteiger partial charge in [-0.15, -0.1) is 0 Å². The number of nitrogens with one attached hydrogen (secondary N) is 2. The molecule has 0 heterocycles. The fourth-order valence-electron chi connectivity index (χ4n) is 1.60. The molecule has 0 fully saturated rings. The standard InChI is InChI=1S/C13H22N2O2S2/c1-4-18-10-9-11(2)15-19(16,17)13-7-5-12(14-3)6-8-13/h5-8,11,14-15H,4,9-10H2,1-3H3. The van der Waals surface area contributed by atoms with Gasteiger partial charge in [0.2, 0.25) is 10.0 Å². The summed E-state index contributed by atoms with van der Waals surface area (Å²) in [5.74, 6) is 2.03. The van der Waals surface area contributed by atoms with E-state index in [0.717, 1.165) is 23.6 Å². The minimum Gasteiger partial charge on any atom is -0.388 e. The van der Waals surface area contributed by atoms with Crippen LogP contribution in [0.4, 0.5) is 5.69 Å². The maximum Gasteiger partial charge on any atom is 0.240 e. The van der Waals surface area contributed by atoms with Gasteiger partial charge in [-0.1, -0.05) is 6.92 Å². The van der Waals surface area contributed by atoms with Crippen LogP contribution in [0.1, 0.15) is 20.3 Å². The Kier molecular flexibility index (Phi) is 6.68. The van der Waals surface area contributed by atoms with Crippen LogP contribution in [0.5, 0.6) is 0 Å². The van der Waals surface area contributed by atoms with E-state index in [4.69, 9.17) is 0 Å². The first-order valence-electron chi connectivity index (χ1n) is 6.37. The molecule has 1 unspecified atom stereocenters. The van der Waals surface area contributed by atoms with Gasteiger partial charge in [-0.3, -0.25) is 0 Å². The summed E-state index contributed by atoms with van der Waals surface area (Å²) in [6.45, 7) is 4.00. The van der Waals surface area contributed by atoms with E-state index in [-0.39, 0.29) is 6.04 Å². The van der Waals surface area contributed by atoms with Crippen molar-refractivity contribution < 1.29 is 8.42 Å². The second-order valence-electron chi connectivity index (χ2n) is 4.28. The molecule has 19 heavy (non-hydrogen) atoms. The monoisotopic (exact) mass is 302 g/mol. The van der Waals surface area contributed by atoms with Crippen LogP contribution in [0.2, 0.25) is 0 Å². The highest BCUT2D eigenvalue weighted by molar-refractivity contribution is 7.99. The quantitative estimate of drug-likeness (QED) is 0.725. The van der Waals surface area contributed by atoms with Crippen LogP contribution in [0, 0.1) is 0 Å². The molecule has 1 aromatic rings. The Morgan fingerprint density at radius 1 is 1.26 bits per heavy atom. The number of anilines is 1. The highest BCUT2D eigenvalue weighted by Crippen LogP contribution is 2.14. The lowest BCUT2D eigenvalue weighted by molar-refractivity contribution is 0.557. The van der Waals surface area contributed by atoms with Crippen LogP contribution in [0.25, 0.3) is 0 Å². The summed E-state index contributed by atoms with van der Waals surface area (Å²) < 4.78 is 27.0. The van der Waals surface area contributed by atoms with Gasteiger partial charge in [0.15, 0.2) is 0 Å². The Morgan fingerprint density at radius 2 is 1.89 bits per heavy atom. The van der Waals surface area contributed by atoms with Gasteiger partial charge >= 0.3 is 0 Å². The maximum absolute atomic E-state index is 12.1. The topological polar surface area (TPSA) is 58.2 Å². The highest BCUT2D eigenvalue weighted by Gasteiger charge is 2.16. The van der Waals surface area contributed by atoms with Gasteiger partial charge in [-0.25, -0.2) is 13.1 Å². The van der Waals surface area contributed by atoms with Crippen molar-refractivity contribution in [2.45, 2.75) is 31.2 Å². The lowest BCUT2D eigenvalue weighted by atomic mass is 10.3. The molecule has 0 saturated heterocycles. The molecule has 2 N–H and O–H groups in total. The normalized spacial score (nSPS) is 13.2. The predicted molar refractivity (Wildman–Crippen MR) is 83.4 cm³/mol. The van der Waals surface area contributed by atoms with E-state index in [9.17, 15) is 8.42 Å². The van der Waals surface area contributed by atoms with Crippen molar-refractivity contribution in [3.63, 3.8) is 0 Å². The number of benzene rings is 1. The Balaban J connectivity index is 2.63. The predicted octanol–water partition coefficient (Wildman–Crippen LogP) is 2.54. The van der Waals surface area contributed by atoms with Crippen LogP contribution in [0.3, 0.4) is 0 Å². The van der Waals surface area contributed by atoms with Gasteiger partial charge in [0, 0.05) is 18.8 Å². The summed E-state index contributed by atoms with van der Waals surface area (Å²) in [5, 5.41) is 2.96. The minimum absolute atomic E-state index is 0.0481. The van der Waals surface area contributed by atoms with Crippen molar-refractivity contribution in [1.29, 1.82) is 0 Å². The zero-order valence-corrected chi connectivity index (χ0v) is 13.3. The van der Waals surface area contributed by atoms with Crippen molar-refractivity contribution in [2.75, 3.05) is 23.9 Å². The van der Waals surface area contributed by atoms with Crippen LogP contribution in [-0.2, 0) is 10.0 Å². The smallest absolute Gasteiger partial charge is 0.240 e. The lowest BCUT2D eigenvalue weighted by Gasteiger charge is -2.14. The van der Waals surface area contributed by atoms with E-state index in [2.05, 4.69) is 17.0 Å². The molecule has 0 saturated carbocycles. The average Bonchev–Trinajstić information content (AvgIpc) is 2.38. The van der Waals surface area contributed by atoms with Crippen molar-refractivity contribution in [1.82, 2.24) is 4.72 Å². The van der Waals surface area contributed by atoms with Gasteiger partial charge in [-0.05, 0) is 49.1 Å². The van der Waals surface area contributed by atoms with E-state index < -0.39 is 10.0 Å². The third-order valence-corrected chi connectivity index (χ3v) is 5.25. The van der Waals surface area contributed by atoms with Crippen LogP contribution in [-0.4, -0.2) is 33.0 Å². The maximum atomic E-state index is 12.1. The Morgan fingerprint density at radius 3 is 2.42 bits per heavy atom. The molecule has 0 radical (unpaired) electrons. The molecule has 0 aliphatic heterocycles. The second kappa shape index (κ2) is 7.77. The lowest BCUT2D eigenvalue weighted by Crippen LogP contribution is -2.33. The summed E-state index contributed by atoms with van der Waals surface area (Å²) >= 11 is 1.82. The summed E-state index contributed by atoms with van der Waals surface area (Å²) in [4.78, 5) is 0.307. The second-order valence-corrected chi connectivity index (χ2v) is 7.39. The third-order valence-electron chi connectivity index (χ3n) is 2.71. The zero-order chi connectivity index (χ0) is 14.3. The fraction of sp³-hybridized carbons (Fsp3) is 0.538. The number of sulfonamides is 1. The van der Waals surface area contributed by atoms with Crippen molar-refractivity contribution >= 4 is 27.5 Å². The highest BCUT2D eigenvalue weighted by atomic mass is 32.2. The number of hydrogen-bond acceptors (Lipinski definition) is 4. The molecule has 0 amide bonds. The van der Waals surface area contributed by atoms with Crippen LogP contribution >= 0.6 is 11.8 Å². The van der Waals surface area contributed by atoms with Gasteiger partial charge < -0.3 is 5.32 Å². The molecule has 0 bridgehead atoms. The molecule has 4 nitrogen and oxygen atoms in total. The van der Waals surface area contributed by atoms with Gasteiger partial charge in [-0.2, -0.15) is 11.8 Å². The Labute approximate surface area is 120 Å². The van der Waals surface area contributed by atoms with E-state index in [0.29, 0.717) is 4.90 Å². The molecule has 0 aliphatic rings. The molecular formula is C13H22N2O2S2. The molecule has 0 aromatic heterocycles. The van der Waals surface area contributed by atoms with E-state index in [1.807, 2.05) is 18.7 Å². The zero-order valence-electron chi connectivity index (χ0n) is 11.6. The molecule has 1 aromatic carbocycles. The van der Waals surface area contributed by atoms with Crippen molar-refractivity contribution in [3.05, 3.63) is 24.3 Å². The van der Waals surface area contributed by atoms with Crippen molar-refractivity contribution in [2.24, 2.45) is 0 Å². The number of thioether (sulfide) groups is 1. The Hall–Kier alpha value is -0.720. The van der Waals surface area contributed by atoms with Gasteiger partial charge in [0.1, 0.15) is 0 Å². The Bertz CT molecular complexity index is 472. The van der Waals surface area contributed by atoms with Crippen LogP contribution in [0.15, 0.2) is 29.2 Å². The molecule has 0 aliphatic carbocycles. The molecule has 6 heteroatoms. The third kappa shape index (κ3) is 5.42. The SMILES string of the molecule is CCSCCC(C)NS(=O)(=O)c1ccc(NC)cc1. The summed E-state index contributed by atoms with van der Waals surface area (Å²) in [7, 11) is -1.61. The number of rotatable bonds is 8. The first-order chi connectivity index (χ1) is 8.99. The minimum atomic E-state index is -3.41.